The maximum atomic E-state index is 13.1. The van der Waals surface area contributed by atoms with Gasteiger partial charge in [0.25, 0.3) is 5.56 Å². The van der Waals surface area contributed by atoms with E-state index in [1.807, 2.05) is 18.2 Å². The molecular weight excluding hydrogens is 385 g/mol. The number of carbonyl (C=O) groups excluding carboxylic acids is 1. The Balaban J connectivity index is 1.60. The molecule has 7 nitrogen and oxygen atoms in total. The quantitative estimate of drug-likeness (QED) is 0.475. The van der Waals surface area contributed by atoms with Crippen molar-refractivity contribution in [2.75, 3.05) is 10.6 Å². The lowest BCUT2D eigenvalue weighted by atomic mass is 10.1. The van der Waals surface area contributed by atoms with E-state index in [0.29, 0.717) is 22.5 Å². The molecule has 148 valence electrons. The van der Waals surface area contributed by atoms with E-state index >= 15 is 0 Å². The van der Waals surface area contributed by atoms with E-state index in [2.05, 4.69) is 25.8 Å². The summed E-state index contributed by atoms with van der Waals surface area (Å²) in [6.45, 7) is 0. The number of aromatic nitrogens is 3. The van der Waals surface area contributed by atoms with Crippen molar-refractivity contribution in [1.82, 2.24) is 15.2 Å². The zero-order valence-electron chi connectivity index (χ0n) is 15.6. The molecule has 0 aliphatic rings. The van der Waals surface area contributed by atoms with Crippen LogP contribution in [-0.2, 0) is 0 Å². The van der Waals surface area contributed by atoms with Gasteiger partial charge in [0.1, 0.15) is 5.82 Å². The molecule has 1 heterocycles. The Morgan fingerprint density at radius 1 is 0.833 bits per heavy atom. The lowest BCUT2D eigenvalue weighted by Gasteiger charge is -2.11. The summed E-state index contributed by atoms with van der Waals surface area (Å²) in [7, 11) is 0. The number of halogens is 1. The highest BCUT2D eigenvalue weighted by Crippen LogP contribution is 2.24. The Morgan fingerprint density at radius 2 is 1.53 bits per heavy atom. The minimum atomic E-state index is -0.477. The van der Waals surface area contributed by atoms with Crippen molar-refractivity contribution in [2.45, 2.75) is 0 Å². The van der Waals surface area contributed by atoms with Crippen LogP contribution in [0.1, 0.15) is 0 Å². The van der Waals surface area contributed by atoms with Gasteiger partial charge in [-0.2, -0.15) is 0 Å². The molecule has 0 saturated carbocycles. The Kier molecular flexibility index (Phi) is 5.29. The van der Waals surface area contributed by atoms with E-state index < -0.39 is 17.4 Å². The molecule has 0 fully saturated rings. The summed E-state index contributed by atoms with van der Waals surface area (Å²) < 4.78 is 13.1. The standard InChI is InChI=1S/C22H16FN5O2/c23-15-12-10-14(11-13-15)19-21(29)26-20(28-27-19)17-8-4-5-9-18(17)25-22(30)24-16-6-2-1-3-7-16/h1-13H,(H2,24,25,30)(H,26,28,29). The fourth-order valence-electron chi connectivity index (χ4n) is 2.86. The summed E-state index contributed by atoms with van der Waals surface area (Å²) in [5, 5.41) is 13.6. The van der Waals surface area contributed by atoms with Crippen molar-refractivity contribution >= 4 is 17.4 Å². The average molecular weight is 401 g/mol. The zero-order chi connectivity index (χ0) is 20.9. The zero-order valence-corrected chi connectivity index (χ0v) is 15.6. The van der Waals surface area contributed by atoms with Crippen molar-refractivity contribution in [3.63, 3.8) is 0 Å². The molecule has 4 aromatic rings. The van der Waals surface area contributed by atoms with Crippen LogP contribution in [0, 0.1) is 5.82 Å². The van der Waals surface area contributed by atoms with Gasteiger partial charge in [-0.25, -0.2) is 9.18 Å². The summed E-state index contributed by atoms with van der Waals surface area (Å²) >= 11 is 0. The average Bonchev–Trinajstić information content (AvgIpc) is 2.75. The molecule has 0 aliphatic carbocycles. The molecule has 4 rings (SSSR count). The summed E-state index contributed by atoms with van der Waals surface area (Å²) in [6, 6.07) is 20.9. The first kappa shape index (κ1) is 19.0. The number of carbonyl (C=O) groups is 1. The first-order valence-corrected chi connectivity index (χ1v) is 9.05. The van der Waals surface area contributed by atoms with Crippen LogP contribution in [0.5, 0.6) is 0 Å². The van der Waals surface area contributed by atoms with E-state index in [9.17, 15) is 14.0 Å². The van der Waals surface area contributed by atoms with Gasteiger partial charge in [0.2, 0.25) is 0 Å². The van der Waals surface area contributed by atoms with Crippen LogP contribution in [0.4, 0.5) is 20.6 Å². The van der Waals surface area contributed by atoms with E-state index in [0.717, 1.165) is 0 Å². The molecule has 3 N–H and O–H groups in total. The molecule has 0 aliphatic heterocycles. The fourth-order valence-corrected chi connectivity index (χ4v) is 2.86. The SMILES string of the molecule is O=C(Nc1ccccc1)Nc1ccccc1-c1nnc(-c2ccc(F)cc2)c(=O)[nH]1. The number of nitrogens with one attached hydrogen (secondary N) is 3. The molecule has 3 aromatic carbocycles. The van der Waals surface area contributed by atoms with Gasteiger partial charge in [0.15, 0.2) is 11.5 Å². The number of hydrogen-bond donors (Lipinski definition) is 3. The molecule has 0 atom stereocenters. The van der Waals surface area contributed by atoms with E-state index in [4.69, 9.17) is 0 Å². The lowest BCUT2D eigenvalue weighted by Crippen LogP contribution is -2.20. The van der Waals surface area contributed by atoms with E-state index in [1.165, 1.54) is 24.3 Å². The van der Waals surface area contributed by atoms with E-state index in [-0.39, 0.29) is 11.5 Å². The molecule has 0 bridgehead atoms. The third kappa shape index (κ3) is 4.22. The highest BCUT2D eigenvalue weighted by molar-refractivity contribution is 6.01. The van der Waals surface area contributed by atoms with Crippen molar-refractivity contribution in [3.05, 3.63) is 95.0 Å². The monoisotopic (exact) mass is 401 g/mol. The maximum Gasteiger partial charge on any atom is 0.323 e. The van der Waals surface area contributed by atoms with Crippen LogP contribution in [0.2, 0.25) is 0 Å². The second-order valence-corrected chi connectivity index (χ2v) is 6.35. The number of benzene rings is 3. The van der Waals surface area contributed by atoms with Crippen molar-refractivity contribution in [2.24, 2.45) is 0 Å². The van der Waals surface area contributed by atoms with Crippen LogP contribution < -0.4 is 16.2 Å². The fraction of sp³-hybridized carbons (Fsp3) is 0. The normalized spacial score (nSPS) is 10.4. The predicted octanol–water partition coefficient (Wildman–Crippen LogP) is 4.28. The number of rotatable bonds is 4. The van der Waals surface area contributed by atoms with Gasteiger partial charge in [0, 0.05) is 16.8 Å². The molecule has 2 amide bonds. The van der Waals surface area contributed by atoms with Crippen molar-refractivity contribution < 1.29 is 9.18 Å². The number of aromatic amines is 1. The topological polar surface area (TPSA) is 99.8 Å². The van der Waals surface area contributed by atoms with Crippen LogP contribution in [-0.4, -0.2) is 21.2 Å². The molecule has 30 heavy (non-hydrogen) atoms. The van der Waals surface area contributed by atoms with Gasteiger partial charge in [0.05, 0.1) is 5.69 Å². The minimum absolute atomic E-state index is 0.0750. The van der Waals surface area contributed by atoms with Gasteiger partial charge < -0.3 is 15.6 Å². The number of hydrogen-bond acceptors (Lipinski definition) is 4. The second-order valence-electron chi connectivity index (χ2n) is 6.35. The van der Waals surface area contributed by atoms with Gasteiger partial charge in [-0.3, -0.25) is 4.79 Å². The van der Waals surface area contributed by atoms with Gasteiger partial charge in [-0.1, -0.05) is 30.3 Å². The highest BCUT2D eigenvalue weighted by atomic mass is 19.1. The number of amides is 2. The van der Waals surface area contributed by atoms with Crippen LogP contribution in [0.25, 0.3) is 22.6 Å². The third-order valence-corrected chi connectivity index (χ3v) is 4.28. The number of H-pyrrole nitrogens is 1. The first-order valence-electron chi connectivity index (χ1n) is 9.05. The number of urea groups is 1. The van der Waals surface area contributed by atoms with Crippen LogP contribution in [0.15, 0.2) is 83.7 Å². The summed E-state index contributed by atoms with van der Waals surface area (Å²) in [4.78, 5) is 27.5. The predicted molar refractivity (Wildman–Crippen MR) is 113 cm³/mol. The van der Waals surface area contributed by atoms with Gasteiger partial charge in [-0.05, 0) is 48.5 Å². The first-order chi connectivity index (χ1) is 14.6. The Morgan fingerprint density at radius 3 is 2.27 bits per heavy atom. The lowest BCUT2D eigenvalue weighted by molar-refractivity contribution is 0.262. The van der Waals surface area contributed by atoms with Crippen molar-refractivity contribution in [3.8, 4) is 22.6 Å². The maximum absolute atomic E-state index is 13.1. The molecule has 1 aromatic heterocycles. The summed E-state index contributed by atoms with van der Waals surface area (Å²) in [6.07, 6.45) is 0. The van der Waals surface area contributed by atoms with Crippen molar-refractivity contribution in [1.29, 1.82) is 0 Å². The van der Waals surface area contributed by atoms with Gasteiger partial charge in [-0.15, -0.1) is 10.2 Å². The molecule has 0 saturated heterocycles. The molecule has 0 spiro atoms. The third-order valence-electron chi connectivity index (χ3n) is 4.28. The Bertz CT molecular complexity index is 1240. The van der Waals surface area contributed by atoms with Gasteiger partial charge >= 0.3 is 6.03 Å². The number of nitrogens with zero attached hydrogens (tertiary/aromatic N) is 2. The Hall–Kier alpha value is -4.33. The largest absolute Gasteiger partial charge is 0.323 e. The smallest absolute Gasteiger partial charge is 0.308 e. The number of anilines is 2. The second kappa shape index (κ2) is 8.36. The highest BCUT2D eigenvalue weighted by Gasteiger charge is 2.13. The van der Waals surface area contributed by atoms with Crippen LogP contribution >= 0.6 is 0 Å². The summed E-state index contributed by atoms with van der Waals surface area (Å²) in [5.74, 6) is -0.213. The molecule has 8 heteroatoms. The number of para-hydroxylation sites is 2. The molecule has 0 unspecified atom stereocenters. The van der Waals surface area contributed by atoms with Crippen LogP contribution in [0.3, 0.4) is 0 Å². The van der Waals surface area contributed by atoms with E-state index in [1.54, 1.807) is 36.4 Å². The molecule has 0 radical (unpaired) electrons. The Labute approximate surface area is 170 Å². The summed E-state index contributed by atoms with van der Waals surface area (Å²) in [5.41, 5.74) is 1.64. The molecular formula is C22H16FN5O2. The minimum Gasteiger partial charge on any atom is -0.308 e.